The molecular weight excluding hydrogens is 300 g/mol. The molecule has 0 saturated heterocycles. The van der Waals surface area contributed by atoms with E-state index >= 15 is 0 Å². The number of rotatable bonds is 4. The standard InChI is InChI=1S/C11H13BrN4O2/c12-6-4-9-8(15-11(18)16-9)3-5(6)7(13)1-2-10(14)17/h3-4,7H,1-2,13H2,(H2,14,17)(H2,15,16,18). The quantitative estimate of drug-likeness (QED) is 0.671. The fraction of sp³-hybridized carbons (Fsp3) is 0.273. The fourth-order valence-corrected chi connectivity index (χ4v) is 2.45. The van der Waals surface area contributed by atoms with Crippen molar-refractivity contribution in [2.45, 2.75) is 18.9 Å². The summed E-state index contributed by atoms with van der Waals surface area (Å²) in [6.07, 6.45) is 0.698. The number of benzene rings is 1. The van der Waals surface area contributed by atoms with Gasteiger partial charge in [-0.2, -0.15) is 0 Å². The molecule has 7 heteroatoms. The van der Waals surface area contributed by atoms with Crippen LogP contribution in [0.4, 0.5) is 0 Å². The predicted octanol–water partition coefficient (Wildman–Crippen LogP) is 0.884. The maximum Gasteiger partial charge on any atom is 0.323 e. The molecule has 0 fully saturated rings. The predicted molar refractivity (Wildman–Crippen MR) is 72.0 cm³/mol. The summed E-state index contributed by atoms with van der Waals surface area (Å²) in [5.74, 6) is -0.377. The maximum atomic E-state index is 11.2. The number of carbonyl (C=O) groups is 1. The molecule has 2 aromatic rings. The second kappa shape index (κ2) is 4.95. The lowest BCUT2D eigenvalue weighted by Gasteiger charge is -2.13. The van der Waals surface area contributed by atoms with Crippen molar-refractivity contribution in [2.24, 2.45) is 11.5 Å². The van der Waals surface area contributed by atoms with Crippen LogP contribution in [0.1, 0.15) is 24.4 Å². The molecule has 1 aromatic carbocycles. The van der Waals surface area contributed by atoms with Gasteiger partial charge in [0.25, 0.3) is 0 Å². The molecule has 18 heavy (non-hydrogen) atoms. The number of H-pyrrole nitrogens is 2. The van der Waals surface area contributed by atoms with Crippen molar-refractivity contribution in [3.8, 4) is 0 Å². The van der Waals surface area contributed by atoms with Crippen LogP contribution in [0.15, 0.2) is 21.4 Å². The summed E-state index contributed by atoms with van der Waals surface area (Å²) in [4.78, 5) is 27.2. The van der Waals surface area contributed by atoms with Crippen LogP contribution in [0, 0.1) is 0 Å². The lowest BCUT2D eigenvalue weighted by molar-refractivity contribution is -0.118. The Morgan fingerprint density at radius 2 is 1.94 bits per heavy atom. The Bertz CT molecular complexity index is 646. The average molecular weight is 313 g/mol. The van der Waals surface area contributed by atoms with Crippen molar-refractivity contribution in [3.63, 3.8) is 0 Å². The molecule has 1 atom stereocenters. The summed E-state index contributed by atoms with van der Waals surface area (Å²) in [6, 6.07) is 3.27. The van der Waals surface area contributed by atoms with E-state index in [1.165, 1.54) is 0 Å². The summed E-state index contributed by atoms with van der Waals surface area (Å²) in [7, 11) is 0. The number of nitrogens with two attached hydrogens (primary N) is 2. The first kappa shape index (κ1) is 12.8. The molecule has 6 nitrogen and oxygen atoms in total. The van der Waals surface area contributed by atoms with Crippen LogP contribution < -0.4 is 17.2 Å². The minimum Gasteiger partial charge on any atom is -0.370 e. The van der Waals surface area contributed by atoms with E-state index in [0.717, 1.165) is 10.0 Å². The Morgan fingerprint density at radius 1 is 1.33 bits per heavy atom. The summed E-state index contributed by atoms with van der Waals surface area (Å²) in [5.41, 5.74) is 13.1. The number of hydrogen-bond donors (Lipinski definition) is 4. The lowest BCUT2D eigenvalue weighted by Crippen LogP contribution is -2.16. The van der Waals surface area contributed by atoms with Crippen molar-refractivity contribution in [3.05, 3.63) is 32.7 Å². The number of imidazole rings is 1. The van der Waals surface area contributed by atoms with E-state index in [4.69, 9.17) is 11.5 Å². The highest BCUT2D eigenvalue weighted by molar-refractivity contribution is 9.10. The molecule has 0 aliphatic rings. The monoisotopic (exact) mass is 312 g/mol. The van der Waals surface area contributed by atoms with Gasteiger partial charge in [0.15, 0.2) is 0 Å². The largest absolute Gasteiger partial charge is 0.370 e. The van der Waals surface area contributed by atoms with Crippen LogP contribution in [0.3, 0.4) is 0 Å². The Balaban J connectivity index is 2.34. The van der Waals surface area contributed by atoms with E-state index in [9.17, 15) is 9.59 Å². The first-order chi connectivity index (χ1) is 8.47. The van der Waals surface area contributed by atoms with Crippen molar-refractivity contribution in [1.82, 2.24) is 9.97 Å². The molecule has 1 aromatic heterocycles. The van der Waals surface area contributed by atoms with E-state index in [-0.39, 0.29) is 24.1 Å². The van der Waals surface area contributed by atoms with Gasteiger partial charge in [0.1, 0.15) is 0 Å². The second-order valence-corrected chi connectivity index (χ2v) is 4.96. The van der Waals surface area contributed by atoms with Gasteiger partial charge in [-0.15, -0.1) is 0 Å². The molecule has 6 N–H and O–H groups in total. The van der Waals surface area contributed by atoms with Crippen LogP contribution in [-0.2, 0) is 4.79 Å². The highest BCUT2D eigenvalue weighted by Gasteiger charge is 2.13. The molecule has 1 heterocycles. The molecule has 1 amide bonds. The third kappa shape index (κ3) is 2.62. The number of fused-ring (bicyclic) bond motifs is 1. The topological polar surface area (TPSA) is 118 Å². The number of aromatic nitrogens is 2. The highest BCUT2D eigenvalue weighted by Crippen LogP contribution is 2.28. The number of primary amides is 1. The van der Waals surface area contributed by atoms with Gasteiger partial charge in [-0.1, -0.05) is 15.9 Å². The van der Waals surface area contributed by atoms with Gasteiger partial charge >= 0.3 is 5.69 Å². The van der Waals surface area contributed by atoms with Crippen LogP contribution in [-0.4, -0.2) is 15.9 Å². The Morgan fingerprint density at radius 3 is 2.56 bits per heavy atom. The number of amides is 1. The van der Waals surface area contributed by atoms with Crippen LogP contribution in [0.2, 0.25) is 0 Å². The van der Waals surface area contributed by atoms with Crippen molar-refractivity contribution in [1.29, 1.82) is 0 Å². The van der Waals surface area contributed by atoms with Crippen molar-refractivity contribution in [2.75, 3.05) is 0 Å². The second-order valence-electron chi connectivity index (χ2n) is 4.11. The van der Waals surface area contributed by atoms with E-state index in [2.05, 4.69) is 25.9 Å². The molecule has 0 radical (unpaired) electrons. The van der Waals surface area contributed by atoms with Gasteiger partial charge in [-0.05, 0) is 24.1 Å². The molecule has 0 aliphatic carbocycles. The molecule has 2 rings (SSSR count). The Hall–Kier alpha value is -1.60. The van der Waals surface area contributed by atoms with Crippen LogP contribution in [0.25, 0.3) is 11.0 Å². The minimum atomic E-state index is -0.377. The number of halogens is 1. The molecule has 0 bridgehead atoms. The molecule has 1 unspecified atom stereocenters. The highest BCUT2D eigenvalue weighted by atomic mass is 79.9. The summed E-state index contributed by atoms with van der Waals surface area (Å²) < 4.78 is 0.794. The Kier molecular flexibility index (Phi) is 3.53. The number of aromatic amines is 2. The molecule has 0 aliphatic heterocycles. The molecule has 0 spiro atoms. The van der Waals surface area contributed by atoms with Gasteiger partial charge < -0.3 is 21.4 Å². The average Bonchev–Trinajstić information content (AvgIpc) is 2.64. The van der Waals surface area contributed by atoms with Gasteiger partial charge in [0.2, 0.25) is 5.91 Å². The number of carbonyl (C=O) groups excluding carboxylic acids is 1. The number of hydrogen-bond acceptors (Lipinski definition) is 3. The Labute approximate surface area is 111 Å². The fourth-order valence-electron chi connectivity index (χ4n) is 1.81. The van der Waals surface area contributed by atoms with Gasteiger partial charge in [0, 0.05) is 16.9 Å². The van der Waals surface area contributed by atoms with E-state index < -0.39 is 0 Å². The van der Waals surface area contributed by atoms with Gasteiger partial charge in [-0.25, -0.2) is 4.79 Å². The maximum absolute atomic E-state index is 11.2. The van der Waals surface area contributed by atoms with Crippen molar-refractivity contribution >= 4 is 32.9 Å². The van der Waals surface area contributed by atoms with Gasteiger partial charge in [0.05, 0.1) is 11.0 Å². The van der Waals surface area contributed by atoms with Gasteiger partial charge in [-0.3, -0.25) is 4.79 Å². The first-order valence-corrected chi connectivity index (χ1v) is 6.22. The summed E-state index contributed by atoms with van der Waals surface area (Å²) in [6.45, 7) is 0. The minimum absolute atomic E-state index is 0.231. The summed E-state index contributed by atoms with van der Waals surface area (Å²) in [5, 5.41) is 0. The summed E-state index contributed by atoms with van der Waals surface area (Å²) >= 11 is 3.40. The zero-order valence-corrected chi connectivity index (χ0v) is 11.1. The molecular formula is C11H13BrN4O2. The van der Waals surface area contributed by atoms with Crippen LogP contribution in [0.5, 0.6) is 0 Å². The third-order valence-electron chi connectivity index (χ3n) is 2.73. The smallest absolute Gasteiger partial charge is 0.323 e. The SMILES string of the molecule is NC(=O)CCC(N)c1cc2[nH]c(=O)[nH]c2cc1Br. The van der Waals surface area contributed by atoms with E-state index in [1.807, 2.05) is 0 Å². The molecule has 96 valence electrons. The van der Waals surface area contributed by atoms with E-state index in [0.29, 0.717) is 17.5 Å². The normalized spacial score (nSPS) is 12.8. The van der Waals surface area contributed by atoms with Crippen LogP contribution >= 0.6 is 15.9 Å². The van der Waals surface area contributed by atoms with Crippen molar-refractivity contribution < 1.29 is 4.79 Å². The third-order valence-corrected chi connectivity index (χ3v) is 3.42. The van der Waals surface area contributed by atoms with E-state index in [1.54, 1.807) is 12.1 Å². The molecule has 0 saturated carbocycles. The lowest BCUT2D eigenvalue weighted by atomic mass is 10.0. The zero-order valence-electron chi connectivity index (χ0n) is 9.50. The first-order valence-electron chi connectivity index (χ1n) is 5.42. The number of nitrogens with one attached hydrogen (secondary N) is 2. The zero-order chi connectivity index (χ0) is 13.3.